The van der Waals surface area contributed by atoms with E-state index in [0.717, 1.165) is 13.0 Å². The summed E-state index contributed by atoms with van der Waals surface area (Å²) in [5.41, 5.74) is 5.27. The lowest BCUT2D eigenvalue weighted by atomic mass is 10.3. The highest BCUT2D eigenvalue weighted by Gasteiger charge is 2.04. The summed E-state index contributed by atoms with van der Waals surface area (Å²) in [6.07, 6.45) is 3.11. The van der Waals surface area contributed by atoms with Crippen LogP contribution in [0.2, 0.25) is 0 Å². The van der Waals surface area contributed by atoms with Crippen molar-refractivity contribution in [1.29, 1.82) is 0 Å². The second-order valence-corrected chi connectivity index (χ2v) is 4.99. The summed E-state index contributed by atoms with van der Waals surface area (Å²) in [4.78, 5) is 0. The van der Waals surface area contributed by atoms with Crippen LogP contribution in [0, 0.1) is 0 Å². The van der Waals surface area contributed by atoms with Gasteiger partial charge in [-0.15, -0.1) is 0 Å². The fourth-order valence-corrected chi connectivity index (χ4v) is 1.31. The molecule has 0 saturated carbocycles. The Labute approximate surface area is 87.2 Å². The first-order chi connectivity index (χ1) is 6.57. The number of hydrogen-bond acceptors (Lipinski definition) is 4. The topological polar surface area (TPSA) is 87.7 Å². The SMILES string of the molecule is CC(CCNCCC(N)=NO)S(C)=O. The monoisotopic (exact) mass is 221 g/mol. The van der Waals surface area contributed by atoms with E-state index in [-0.39, 0.29) is 11.1 Å². The number of rotatable bonds is 7. The normalized spacial score (nSPS) is 16.6. The van der Waals surface area contributed by atoms with Crippen molar-refractivity contribution in [3.05, 3.63) is 0 Å². The molecule has 0 saturated heterocycles. The molecule has 0 rings (SSSR count). The second-order valence-electron chi connectivity index (χ2n) is 3.19. The van der Waals surface area contributed by atoms with E-state index in [1.807, 2.05) is 6.92 Å². The summed E-state index contributed by atoms with van der Waals surface area (Å²) in [6.45, 7) is 3.44. The first kappa shape index (κ1) is 13.4. The van der Waals surface area contributed by atoms with Crippen LogP contribution in [0.1, 0.15) is 19.8 Å². The van der Waals surface area contributed by atoms with E-state index in [9.17, 15) is 4.21 Å². The molecule has 0 bridgehead atoms. The van der Waals surface area contributed by atoms with Gasteiger partial charge in [-0.25, -0.2) is 0 Å². The molecule has 0 aliphatic carbocycles. The van der Waals surface area contributed by atoms with Gasteiger partial charge in [-0.2, -0.15) is 0 Å². The van der Waals surface area contributed by atoms with Crippen LogP contribution in [-0.4, -0.2) is 39.8 Å². The van der Waals surface area contributed by atoms with E-state index in [0.29, 0.717) is 13.0 Å². The van der Waals surface area contributed by atoms with E-state index in [1.165, 1.54) is 0 Å². The average Bonchev–Trinajstić information content (AvgIpc) is 2.16. The van der Waals surface area contributed by atoms with Gasteiger partial charge in [-0.3, -0.25) is 4.21 Å². The fraction of sp³-hybridized carbons (Fsp3) is 0.875. The van der Waals surface area contributed by atoms with Crippen molar-refractivity contribution in [2.45, 2.75) is 25.0 Å². The zero-order chi connectivity index (χ0) is 11.0. The maximum Gasteiger partial charge on any atom is 0.140 e. The van der Waals surface area contributed by atoms with Crippen LogP contribution in [-0.2, 0) is 10.8 Å². The van der Waals surface area contributed by atoms with E-state index in [1.54, 1.807) is 6.26 Å². The molecule has 0 radical (unpaired) electrons. The van der Waals surface area contributed by atoms with Crippen molar-refractivity contribution < 1.29 is 9.42 Å². The third-order valence-corrected chi connectivity index (χ3v) is 3.35. The molecule has 6 heteroatoms. The van der Waals surface area contributed by atoms with Gasteiger partial charge >= 0.3 is 0 Å². The van der Waals surface area contributed by atoms with Crippen LogP contribution in [0.4, 0.5) is 0 Å². The summed E-state index contributed by atoms with van der Waals surface area (Å²) < 4.78 is 11.0. The predicted molar refractivity (Wildman–Crippen MR) is 59.0 cm³/mol. The van der Waals surface area contributed by atoms with E-state index in [2.05, 4.69) is 10.5 Å². The quantitative estimate of drug-likeness (QED) is 0.184. The van der Waals surface area contributed by atoms with Gasteiger partial charge in [0.1, 0.15) is 5.84 Å². The number of nitrogens with zero attached hydrogens (tertiary/aromatic N) is 1. The molecule has 2 unspecified atom stereocenters. The van der Waals surface area contributed by atoms with E-state index < -0.39 is 10.8 Å². The number of amidine groups is 1. The van der Waals surface area contributed by atoms with Crippen molar-refractivity contribution in [3.63, 3.8) is 0 Å². The molecular weight excluding hydrogens is 202 g/mol. The van der Waals surface area contributed by atoms with Crippen LogP contribution in [0.3, 0.4) is 0 Å². The average molecular weight is 221 g/mol. The van der Waals surface area contributed by atoms with Gasteiger partial charge < -0.3 is 16.3 Å². The summed E-state index contributed by atoms with van der Waals surface area (Å²) in [5.74, 6) is 0.226. The Balaban J connectivity index is 3.34. The Bertz CT molecular complexity index is 209. The minimum atomic E-state index is -0.755. The smallest absolute Gasteiger partial charge is 0.140 e. The standard InChI is InChI=1S/C8H19N3O2S/c1-7(14(2)13)3-5-10-6-4-8(9)11-12/h7,10,12H,3-6H2,1-2H3,(H2,9,11). The molecule has 0 aliphatic heterocycles. The minimum absolute atomic E-state index is 0.214. The number of nitrogens with one attached hydrogen (secondary N) is 1. The molecule has 84 valence electrons. The Kier molecular flexibility index (Phi) is 7.41. The molecule has 14 heavy (non-hydrogen) atoms. The molecule has 5 nitrogen and oxygen atoms in total. The van der Waals surface area contributed by atoms with Crippen LogP contribution < -0.4 is 11.1 Å². The summed E-state index contributed by atoms with van der Waals surface area (Å²) in [6, 6.07) is 0. The van der Waals surface area contributed by atoms with Crippen molar-refractivity contribution in [3.8, 4) is 0 Å². The lowest BCUT2D eigenvalue weighted by molar-refractivity contribution is 0.316. The molecule has 0 aliphatic rings. The van der Waals surface area contributed by atoms with E-state index in [4.69, 9.17) is 10.9 Å². The zero-order valence-corrected chi connectivity index (χ0v) is 9.51. The maximum absolute atomic E-state index is 11.0. The zero-order valence-electron chi connectivity index (χ0n) is 8.69. The Morgan fingerprint density at radius 2 is 2.29 bits per heavy atom. The first-order valence-electron chi connectivity index (χ1n) is 4.57. The van der Waals surface area contributed by atoms with Crippen molar-refractivity contribution in [1.82, 2.24) is 5.32 Å². The molecule has 0 heterocycles. The van der Waals surface area contributed by atoms with Crippen LogP contribution in [0.25, 0.3) is 0 Å². The fourth-order valence-electron chi connectivity index (χ4n) is 0.863. The Morgan fingerprint density at radius 1 is 1.64 bits per heavy atom. The molecule has 0 aromatic carbocycles. The number of oxime groups is 1. The van der Waals surface area contributed by atoms with Gasteiger partial charge in [-0.05, 0) is 13.0 Å². The molecule has 0 fully saturated rings. The van der Waals surface area contributed by atoms with Crippen molar-refractivity contribution in [2.75, 3.05) is 19.3 Å². The molecule has 4 N–H and O–H groups in total. The maximum atomic E-state index is 11.0. The van der Waals surface area contributed by atoms with Crippen LogP contribution >= 0.6 is 0 Å². The molecule has 0 aromatic rings. The lowest BCUT2D eigenvalue weighted by Gasteiger charge is -2.08. The highest BCUT2D eigenvalue weighted by molar-refractivity contribution is 7.84. The summed E-state index contributed by atoms with van der Waals surface area (Å²) in [7, 11) is -0.755. The number of nitrogens with two attached hydrogens (primary N) is 1. The highest BCUT2D eigenvalue weighted by Crippen LogP contribution is 1.96. The van der Waals surface area contributed by atoms with Gasteiger partial charge in [0.25, 0.3) is 0 Å². The van der Waals surface area contributed by atoms with Gasteiger partial charge in [-0.1, -0.05) is 12.1 Å². The molecule has 0 aromatic heterocycles. The number of hydrogen-bond donors (Lipinski definition) is 3. The molecular formula is C8H19N3O2S. The van der Waals surface area contributed by atoms with Gasteiger partial charge in [0.15, 0.2) is 0 Å². The third kappa shape index (κ3) is 6.85. The summed E-state index contributed by atoms with van der Waals surface area (Å²) in [5, 5.41) is 14.4. The minimum Gasteiger partial charge on any atom is -0.409 e. The lowest BCUT2D eigenvalue weighted by Crippen LogP contribution is -2.25. The third-order valence-electron chi connectivity index (χ3n) is 1.98. The predicted octanol–water partition coefficient (Wildman–Crippen LogP) is -0.130. The summed E-state index contributed by atoms with van der Waals surface area (Å²) >= 11 is 0. The molecule has 2 atom stereocenters. The van der Waals surface area contributed by atoms with Gasteiger partial charge in [0.2, 0.25) is 0 Å². The Hall–Kier alpha value is -0.620. The van der Waals surface area contributed by atoms with Crippen molar-refractivity contribution in [2.24, 2.45) is 10.9 Å². The first-order valence-corrected chi connectivity index (χ1v) is 6.19. The van der Waals surface area contributed by atoms with Crippen molar-refractivity contribution >= 4 is 16.6 Å². The Morgan fingerprint density at radius 3 is 2.79 bits per heavy atom. The largest absolute Gasteiger partial charge is 0.409 e. The van der Waals surface area contributed by atoms with Crippen LogP contribution in [0.15, 0.2) is 5.16 Å². The van der Waals surface area contributed by atoms with Crippen LogP contribution in [0.5, 0.6) is 0 Å². The second kappa shape index (κ2) is 7.75. The van der Waals surface area contributed by atoms with E-state index >= 15 is 0 Å². The van der Waals surface area contributed by atoms with Gasteiger partial charge in [0, 0.05) is 35.3 Å². The van der Waals surface area contributed by atoms with Gasteiger partial charge in [0.05, 0.1) is 0 Å². The highest BCUT2D eigenvalue weighted by atomic mass is 32.2. The molecule has 0 amide bonds. The molecule has 0 spiro atoms.